The molecule has 3 rings (SSSR count). The van der Waals surface area contributed by atoms with E-state index in [2.05, 4.69) is 15.2 Å². The minimum absolute atomic E-state index is 0.0118. The van der Waals surface area contributed by atoms with Gasteiger partial charge in [-0.1, -0.05) is 19.3 Å². The maximum absolute atomic E-state index is 12.6. The van der Waals surface area contributed by atoms with Gasteiger partial charge in [-0.3, -0.25) is 9.89 Å². The van der Waals surface area contributed by atoms with Gasteiger partial charge in [-0.05, 0) is 25.7 Å². The molecule has 0 bridgehead atoms. The van der Waals surface area contributed by atoms with E-state index in [1.807, 2.05) is 0 Å². The number of aliphatic hydroxyl groups excluding tert-OH is 1. The fourth-order valence-electron chi connectivity index (χ4n) is 2.99. The standard InChI is InChI=1S/C14H22N4O2/c19-9-8-18(11-4-2-1-3-5-11)14(20)13-15-12(16-17-13)10-6-7-10/h10-11,19H,1-9H2,(H,15,16,17). The summed E-state index contributed by atoms with van der Waals surface area (Å²) < 4.78 is 0. The molecule has 0 aromatic carbocycles. The Morgan fingerprint density at radius 3 is 2.65 bits per heavy atom. The number of aromatic amines is 1. The largest absolute Gasteiger partial charge is 0.395 e. The summed E-state index contributed by atoms with van der Waals surface area (Å²) in [5, 5.41) is 16.2. The van der Waals surface area contributed by atoms with Gasteiger partial charge in [0.1, 0.15) is 5.82 Å². The smallest absolute Gasteiger partial charge is 0.293 e. The lowest BCUT2D eigenvalue weighted by Gasteiger charge is -2.33. The van der Waals surface area contributed by atoms with E-state index < -0.39 is 0 Å². The van der Waals surface area contributed by atoms with Crippen LogP contribution in [0.2, 0.25) is 0 Å². The number of nitrogens with zero attached hydrogens (tertiary/aromatic N) is 3. The maximum Gasteiger partial charge on any atom is 0.293 e. The van der Waals surface area contributed by atoms with E-state index in [0.717, 1.165) is 44.3 Å². The summed E-state index contributed by atoms with van der Waals surface area (Å²) in [5.74, 6) is 1.41. The molecule has 2 aliphatic rings. The van der Waals surface area contributed by atoms with Gasteiger partial charge in [-0.15, -0.1) is 5.10 Å². The first-order valence-corrected chi connectivity index (χ1v) is 7.63. The Hall–Kier alpha value is -1.43. The van der Waals surface area contributed by atoms with Crippen LogP contribution in [0.1, 0.15) is 67.3 Å². The predicted molar refractivity (Wildman–Crippen MR) is 73.4 cm³/mol. The van der Waals surface area contributed by atoms with Gasteiger partial charge >= 0.3 is 0 Å². The summed E-state index contributed by atoms with van der Waals surface area (Å²) in [6, 6.07) is 0.228. The van der Waals surface area contributed by atoms with Crippen LogP contribution in [0.4, 0.5) is 0 Å². The lowest BCUT2D eigenvalue weighted by molar-refractivity contribution is 0.0573. The van der Waals surface area contributed by atoms with E-state index >= 15 is 0 Å². The predicted octanol–water partition coefficient (Wildman–Crippen LogP) is 1.45. The number of H-pyrrole nitrogens is 1. The third-order valence-corrected chi connectivity index (χ3v) is 4.28. The van der Waals surface area contributed by atoms with E-state index in [-0.39, 0.29) is 24.4 Å². The third-order valence-electron chi connectivity index (χ3n) is 4.28. The van der Waals surface area contributed by atoms with Gasteiger partial charge in [0, 0.05) is 18.5 Å². The van der Waals surface area contributed by atoms with E-state index in [1.54, 1.807) is 4.90 Å². The number of rotatable bonds is 5. The highest BCUT2D eigenvalue weighted by molar-refractivity contribution is 5.90. The van der Waals surface area contributed by atoms with E-state index in [4.69, 9.17) is 0 Å². The zero-order valence-electron chi connectivity index (χ0n) is 11.7. The second-order valence-electron chi connectivity index (χ2n) is 5.83. The minimum Gasteiger partial charge on any atom is -0.395 e. The number of aliphatic hydroxyl groups is 1. The summed E-state index contributed by atoms with van der Waals surface area (Å²) in [7, 11) is 0. The Labute approximate surface area is 118 Å². The van der Waals surface area contributed by atoms with Crippen molar-refractivity contribution in [3.05, 3.63) is 11.6 Å². The summed E-state index contributed by atoms with van der Waals surface area (Å²) >= 11 is 0. The molecule has 0 atom stereocenters. The van der Waals surface area contributed by atoms with Crippen LogP contribution in [0, 0.1) is 0 Å². The normalized spacial score (nSPS) is 20.1. The molecule has 0 aliphatic heterocycles. The molecule has 0 unspecified atom stereocenters. The summed E-state index contributed by atoms with van der Waals surface area (Å²) in [5.41, 5.74) is 0. The van der Waals surface area contributed by atoms with Crippen LogP contribution in [-0.2, 0) is 0 Å². The molecule has 1 heterocycles. The SMILES string of the molecule is O=C(c1n[nH]c(C2CC2)n1)N(CCO)C1CCCCC1. The topological polar surface area (TPSA) is 82.1 Å². The summed E-state index contributed by atoms with van der Waals surface area (Å²) in [4.78, 5) is 18.7. The molecule has 2 aliphatic carbocycles. The van der Waals surface area contributed by atoms with E-state index in [0.29, 0.717) is 12.5 Å². The average molecular weight is 278 g/mol. The first-order valence-electron chi connectivity index (χ1n) is 7.63. The lowest BCUT2D eigenvalue weighted by atomic mass is 9.94. The number of carbonyl (C=O) groups excluding carboxylic acids is 1. The van der Waals surface area contributed by atoms with Gasteiger partial charge in [0.05, 0.1) is 6.61 Å². The number of hydrogen-bond donors (Lipinski definition) is 2. The van der Waals surface area contributed by atoms with Gasteiger partial charge < -0.3 is 10.0 Å². The molecule has 0 saturated heterocycles. The summed E-state index contributed by atoms with van der Waals surface area (Å²) in [6.07, 6.45) is 7.85. The fourth-order valence-corrected chi connectivity index (χ4v) is 2.99. The van der Waals surface area contributed by atoms with Gasteiger partial charge in [-0.2, -0.15) is 0 Å². The average Bonchev–Trinajstić information content (AvgIpc) is 3.22. The number of hydrogen-bond acceptors (Lipinski definition) is 4. The van der Waals surface area contributed by atoms with Crippen LogP contribution in [-0.4, -0.2) is 50.3 Å². The second kappa shape index (κ2) is 5.91. The van der Waals surface area contributed by atoms with Crippen molar-refractivity contribution >= 4 is 5.91 Å². The molecule has 0 radical (unpaired) electrons. The van der Waals surface area contributed by atoms with Crippen LogP contribution < -0.4 is 0 Å². The zero-order valence-corrected chi connectivity index (χ0v) is 11.7. The number of aromatic nitrogens is 3. The molecule has 110 valence electrons. The van der Waals surface area contributed by atoms with Crippen molar-refractivity contribution < 1.29 is 9.90 Å². The quantitative estimate of drug-likeness (QED) is 0.854. The van der Waals surface area contributed by atoms with Gasteiger partial charge in [0.25, 0.3) is 5.91 Å². The Kier molecular flexibility index (Phi) is 4.00. The van der Waals surface area contributed by atoms with E-state index in [1.165, 1.54) is 6.42 Å². The van der Waals surface area contributed by atoms with Crippen molar-refractivity contribution in [1.29, 1.82) is 0 Å². The van der Waals surface area contributed by atoms with Crippen LogP contribution in [0.25, 0.3) is 0 Å². The Bertz CT molecular complexity index is 463. The van der Waals surface area contributed by atoms with Crippen molar-refractivity contribution in [1.82, 2.24) is 20.1 Å². The van der Waals surface area contributed by atoms with Crippen molar-refractivity contribution in [3.8, 4) is 0 Å². The van der Waals surface area contributed by atoms with Gasteiger partial charge in [0.15, 0.2) is 0 Å². The molecular weight excluding hydrogens is 256 g/mol. The molecule has 6 nitrogen and oxygen atoms in total. The Morgan fingerprint density at radius 1 is 1.25 bits per heavy atom. The number of nitrogens with one attached hydrogen (secondary N) is 1. The monoisotopic (exact) mass is 278 g/mol. The van der Waals surface area contributed by atoms with Gasteiger partial charge in [0.2, 0.25) is 5.82 Å². The van der Waals surface area contributed by atoms with Gasteiger partial charge in [-0.25, -0.2) is 4.98 Å². The number of carbonyl (C=O) groups is 1. The highest BCUT2D eigenvalue weighted by atomic mass is 16.3. The molecule has 1 aromatic heterocycles. The van der Waals surface area contributed by atoms with Crippen LogP contribution in [0.3, 0.4) is 0 Å². The molecule has 6 heteroatoms. The Morgan fingerprint density at radius 2 is 2.00 bits per heavy atom. The zero-order chi connectivity index (χ0) is 13.9. The molecular formula is C14H22N4O2. The third kappa shape index (κ3) is 2.85. The van der Waals surface area contributed by atoms with Crippen molar-refractivity contribution in [2.75, 3.05) is 13.2 Å². The number of amides is 1. The fraction of sp³-hybridized carbons (Fsp3) is 0.786. The first-order chi connectivity index (χ1) is 9.79. The molecule has 1 aromatic rings. The lowest BCUT2D eigenvalue weighted by Crippen LogP contribution is -2.43. The molecule has 0 spiro atoms. The summed E-state index contributed by atoms with van der Waals surface area (Å²) in [6.45, 7) is 0.360. The highest BCUT2D eigenvalue weighted by Gasteiger charge is 2.31. The van der Waals surface area contributed by atoms with Crippen molar-refractivity contribution in [2.45, 2.75) is 56.9 Å². The first kappa shape index (κ1) is 13.5. The van der Waals surface area contributed by atoms with Crippen LogP contribution in [0.15, 0.2) is 0 Å². The Balaban J connectivity index is 1.72. The maximum atomic E-state index is 12.6. The molecule has 2 N–H and O–H groups in total. The van der Waals surface area contributed by atoms with Crippen LogP contribution in [0.5, 0.6) is 0 Å². The molecule has 2 fully saturated rings. The van der Waals surface area contributed by atoms with Crippen LogP contribution >= 0.6 is 0 Å². The molecule has 2 saturated carbocycles. The molecule has 1 amide bonds. The molecule has 20 heavy (non-hydrogen) atoms. The van der Waals surface area contributed by atoms with E-state index in [9.17, 15) is 9.90 Å². The minimum atomic E-state index is -0.144. The second-order valence-corrected chi connectivity index (χ2v) is 5.83. The van der Waals surface area contributed by atoms with Crippen molar-refractivity contribution in [2.24, 2.45) is 0 Å². The highest BCUT2D eigenvalue weighted by Crippen LogP contribution is 2.37. The van der Waals surface area contributed by atoms with Crippen molar-refractivity contribution in [3.63, 3.8) is 0 Å².